The van der Waals surface area contributed by atoms with Gasteiger partial charge in [-0.05, 0) is 137 Å². The Hall–Kier alpha value is -9.12. The topological polar surface area (TPSA) is 4.93 Å². The molecule has 14 aromatic rings. The third-order valence-electron chi connectivity index (χ3n) is 16.2. The minimum absolute atomic E-state index is 0.121. The van der Waals surface area contributed by atoms with Gasteiger partial charge in [0.15, 0.2) is 8.07 Å². The van der Waals surface area contributed by atoms with Crippen molar-refractivity contribution in [3.63, 3.8) is 0 Å². The molecule has 0 saturated carbocycles. The summed E-state index contributed by atoms with van der Waals surface area (Å²) in [6, 6.07) is 110. The summed E-state index contributed by atoms with van der Waals surface area (Å²) in [4.78, 5) is 0. The number of rotatable bonds is 9. The maximum atomic E-state index is 2.55. The van der Waals surface area contributed by atoms with Gasteiger partial charge in [0.2, 0.25) is 0 Å². The van der Waals surface area contributed by atoms with Crippen LogP contribution < -0.4 is 20.7 Å². The van der Waals surface area contributed by atoms with Gasteiger partial charge in [0.1, 0.15) is 0 Å². The van der Waals surface area contributed by atoms with E-state index in [1.54, 1.807) is 0 Å². The van der Waals surface area contributed by atoms with Crippen molar-refractivity contribution in [1.29, 1.82) is 0 Å². The number of benzene rings is 12. The highest BCUT2D eigenvalue weighted by molar-refractivity contribution is 7.26. The molecule has 15 rings (SSSR count). The lowest BCUT2D eigenvalue weighted by Crippen LogP contribution is -2.74. The molecule has 1 nitrogen and oxygen atoms in total. The molecule has 356 valence electrons. The summed E-state index contributed by atoms with van der Waals surface area (Å²) in [6.45, 7) is 0. The largest absolute Gasteiger partial charge is 0.309 e. The molecule has 1 atom stereocenters. The maximum absolute atomic E-state index is 2.98. The Bertz CT molecular complexity index is 4410. The summed E-state index contributed by atoms with van der Waals surface area (Å²) in [5.41, 5.74) is 17.5. The van der Waals surface area contributed by atoms with Crippen molar-refractivity contribution in [2.45, 2.75) is 5.92 Å². The number of hydrogen-bond donors (Lipinski definition) is 0. The van der Waals surface area contributed by atoms with E-state index in [0.29, 0.717) is 0 Å². The molecule has 0 saturated heterocycles. The normalized spacial score (nSPS) is 13.1. The van der Waals surface area contributed by atoms with Crippen molar-refractivity contribution in [3.05, 3.63) is 308 Å². The highest BCUT2D eigenvalue weighted by atomic mass is 32.1. The predicted molar refractivity (Wildman–Crippen MR) is 326 cm³/mol. The summed E-state index contributed by atoms with van der Waals surface area (Å²) < 4.78 is 5.07. The standard InChI is InChI=1S/C73H49NSSi/c1-6-21-49(22-7-1)72-63-40-37-50(46-66(63)67-48-52(38-41-64(67)72)60-33-20-34-65-62-32-17-19-36-71(62)75-73(60)65)53-43-54(51-39-42-70-68(47-51)61-31-16-18-35-69(61)74(70)55-23-8-2-9-24-55)45-59(44-53)76(56-25-10-3-11-26-56,57-27-12-4-13-28-57)58-29-14-5-15-30-58/h1-48,72H. The summed E-state index contributed by atoms with van der Waals surface area (Å²) in [7, 11) is -2.98. The second-order valence-corrected chi connectivity index (χ2v) is 25.2. The molecule has 0 spiro atoms. The van der Waals surface area contributed by atoms with Gasteiger partial charge in [-0.15, -0.1) is 11.3 Å². The van der Waals surface area contributed by atoms with Gasteiger partial charge in [0, 0.05) is 42.6 Å². The lowest BCUT2D eigenvalue weighted by atomic mass is 9.88. The monoisotopic (exact) mass is 999 g/mol. The van der Waals surface area contributed by atoms with E-state index in [0.717, 1.165) is 5.69 Å². The molecule has 1 aliphatic rings. The van der Waals surface area contributed by atoms with Crippen LogP contribution in [0.25, 0.3) is 92.2 Å². The highest BCUT2D eigenvalue weighted by Crippen LogP contribution is 2.51. The first-order valence-electron chi connectivity index (χ1n) is 26.3. The van der Waals surface area contributed by atoms with E-state index < -0.39 is 8.07 Å². The Balaban J connectivity index is 0.983. The molecule has 3 heteroatoms. The van der Waals surface area contributed by atoms with Crippen molar-refractivity contribution >= 4 is 82.1 Å². The molecule has 76 heavy (non-hydrogen) atoms. The van der Waals surface area contributed by atoms with Gasteiger partial charge < -0.3 is 4.57 Å². The molecule has 1 unspecified atom stereocenters. The van der Waals surface area contributed by atoms with Gasteiger partial charge in [-0.3, -0.25) is 0 Å². The number of aromatic nitrogens is 1. The van der Waals surface area contributed by atoms with Crippen LogP contribution in [0.5, 0.6) is 0 Å². The van der Waals surface area contributed by atoms with Gasteiger partial charge in [-0.1, -0.05) is 237 Å². The first kappa shape index (κ1) is 44.4. The summed E-state index contributed by atoms with van der Waals surface area (Å²) in [5, 5.41) is 10.5. The van der Waals surface area contributed by atoms with E-state index >= 15 is 0 Å². The zero-order chi connectivity index (χ0) is 50.2. The fraction of sp³-hybridized carbons (Fsp3) is 0.0137. The molecule has 0 fully saturated rings. The van der Waals surface area contributed by atoms with E-state index in [9.17, 15) is 0 Å². The second-order valence-electron chi connectivity index (χ2n) is 20.3. The van der Waals surface area contributed by atoms with E-state index in [4.69, 9.17) is 0 Å². The van der Waals surface area contributed by atoms with E-state index in [1.165, 1.54) is 124 Å². The molecular formula is C73H49NSSi. The van der Waals surface area contributed by atoms with Crippen LogP contribution in [0, 0.1) is 0 Å². The lowest BCUT2D eigenvalue weighted by molar-refractivity contribution is 1.02. The van der Waals surface area contributed by atoms with E-state index in [2.05, 4.69) is 296 Å². The minimum Gasteiger partial charge on any atom is -0.309 e. The summed E-state index contributed by atoms with van der Waals surface area (Å²) >= 11 is 1.90. The average molecular weight is 1000 g/mol. The maximum Gasteiger partial charge on any atom is 0.179 e. The van der Waals surface area contributed by atoms with Crippen LogP contribution in [0.15, 0.2) is 291 Å². The zero-order valence-electron chi connectivity index (χ0n) is 41.6. The fourth-order valence-corrected chi connectivity index (χ4v) is 18.9. The van der Waals surface area contributed by atoms with Crippen LogP contribution in [0.3, 0.4) is 0 Å². The number of para-hydroxylation sites is 2. The van der Waals surface area contributed by atoms with Crippen molar-refractivity contribution in [2.75, 3.05) is 0 Å². The van der Waals surface area contributed by atoms with Gasteiger partial charge >= 0.3 is 0 Å². The molecule has 2 heterocycles. The molecule has 1 aliphatic carbocycles. The highest BCUT2D eigenvalue weighted by Gasteiger charge is 2.42. The second kappa shape index (κ2) is 18.1. The minimum atomic E-state index is -2.98. The van der Waals surface area contributed by atoms with Gasteiger partial charge in [0.05, 0.1) is 11.0 Å². The number of thiophene rings is 1. The Labute approximate surface area is 447 Å². The van der Waals surface area contributed by atoms with Crippen LogP contribution in [0.4, 0.5) is 0 Å². The molecule has 0 aliphatic heterocycles. The molecule has 12 aromatic carbocycles. The third kappa shape index (κ3) is 7.04. The average Bonchev–Trinajstić information content (AvgIpc) is 4.18. The first-order chi connectivity index (χ1) is 37.7. The quantitative estimate of drug-likeness (QED) is 0.100. The van der Waals surface area contributed by atoms with Crippen LogP contribution in [0.1, 0.15) is 22.6 Å². The van der Waals surface area contributed by atoms with Crippen molar-refractivity contribution < 1.29 is 0 Å². The SMILES string of the molecule is c1ccc(C2c3ccc(-c4cc(-c5ccc6c(c5)c5ccccc5n6-c5ccccc5)cc([Si](c5ccccc5)(c5ccccc5)c5ccccc5)c4)cc3-c3cc(-c4cccc5c4sc4ccccc45)ccc32)cc1. The molecular weight excluding hydrogens is 951 g/mol. The Kier molecular flexibility index (Phi) is 10.5. The van der Waals surface area contributed by atoms with Crippen molar-refractivity contribution in [2.24, 2.45) is 0 Å². The smallest absolute Gasteiger partial charge is 0.179 e. The molecule has 0 radical (unpaired) electrons. The summed E-state index contributed by atoms with van der Waals surface area (Å²) in [5.74, 6) is 0.121. The fourth-order valence-electron chi connectivity index (χ4n) is 12.8. The number of nitrogens with zero attached hydrogens (tertiary/aromatic N) is 1. The third-order valence-corrected chi connectivity index (χ3v) is 22.2. The van der Waals surface area contributed by atoms with Gasteiger partial charge in [-0.2, -0.15) is 0 Å². The zero-order valence-corrected chi connectivity index (χ0v) is 43.5. The number of hydrogen-bond acceptors (Lipinski definition) is 1. The summed E-state index contributed by atoms with van der Waals surface area (Å²) in [6.07, 6.45) is 0. The van der Waals surface area contributed by atoms with Crippen molar-refractivity contribution in [1.82, 2.24) is 4.57 Å². The predicted octanol–water partition coefficient (Wildman–Crippen LogP) is 16.7. The Morgan fingerprint density at radius 3 is 1.46 bits per heavy atom. The lowest BCUT2D eigenvalue weighted by Gasteiger charge is -2.35. The Morgan fingerprint density at radius 1 is 0.303 bits per heavy atom. The van der Waals surface area contributed by atoms with Crippen LogP contribution in [0.2, 0.25) is 0 Å². The van der Waals surface area contributed by atoms with Crippen molar-refractivity contribution in [3.8, 4) is 50.2 Å². The van der Waals surface area contributed by atoms with Gasteiger partial charge in [-0.25, -0.2) is 0 Å². The Morgan fingerprint density at radius 2 is 0.803 bits per heavy atom. The molecule has 0 bridgehead atoms. The first-order valence-corrected chi connectivity index (χ1v) is 29.2. The van der Waals surface area contributed by atoms with Crippen LogP contribution in [-0.4, -0.2) is 12.6 Å². The number of fused-ring (bicyclic) bond motifs is 9. The van der Waals surface area contributed by atoms with E-state index in [1.807, 2.05) is 11.3 Å². The molecule has 0 N–H and O–H groups in total. The van der Waals surface area contributed by atoms with Crippen LogP contribution in [-0.2, 0) is 0 Å². The van der Waals surface area contributed by atoms with Gasteiger partial charge in [0.25, 0.3) is 0 Å². The molecule has 0 amide bonds. The van der Waals surface area contributed by atoms with Crippen LogP contribution >= 0.6 is 11.3 Å². The molecule has 2 aromatic heterocycles. The van der Waals surface area contributed by atoms with E-state index in [-0.39, 0.29) is 5.92 Å².